The summed E-state index contributed by atoms with van der Waals surface area (Å²) in [4.78, 5) is 15.6. The van der Waals surface area contributed by atoms with E-state index >= 15 is 0 Å². The standard InChI is InChI=1S/C17H20N4O2/c1-2-12-23-16-7-5-15(6-8-16)9-10-19-17(22)4-3-11-21-14-18-13-20-21/h1,5-8,13-14H,3-4,9-12H2,(H,19,22). The minimum atomic E-state index is 0.0547. The first-order valence-corrected chi connectivity index (χ1v) is 7.52. The third-order valence-corrected chi connectivity index (χ3v) is 3.24. The zero-order valence-electron chi connectivity index (χ0n) is 12.9. The molecule has 1 N–H and O–H groups in total. The molecule has 2 aromatic rings. The topological polar surface area (TPSA) is 69.0 Å². The predicted octanol–water partition coefficient (Wildman–Crippen LogP) is 1.43. The SMILES string of the molecule is C#CCOc1ccc(CCNC(=O)CCCn2cncn2)cc1. The van der Waals surface area contributed by atoms with Crippen molar-refractivity contribution < 1.29 is 9.53 Å². The van der Waals surface area contributed by atoms with Gasteiger partial charge in [-0.05, 0) is 30.5 Å². The number of ether oxygens (including phenoxy) is 1. The number of aryl methyl sites for hydroxylation is 1. The van der Waals surface area contributed by atoms with E-state index in [0.717, 1.165) is 24.2 Å². The molecule has 0 bridgehead atoms. The van der Waals surface area contributed by atoms with Gasteiger partial charge in [-0.1, -0.05) is 18.1 Å². The van der Waals surface area contributed by atoms with E-state index < -0.39 is 0 Å². The molecule has 0 spiro atoms. The highest BCUT2D eigenvalue weighted by Crippen LogP contribution is 2.12. The van der Waals surface area contributed by atoms with Crippen LogP contribution in [-0.2, 0) is 17.8 Å². The molecule has 1 aromatic heterocycles. The average molecular weight is 312 g/mol. The fourth-order valence-corrected chi connectivity index (χ4v) is 2.06. The van der Waals surface area contributed by atoms with Gasteiger partial charge in [-0.2, -0.15) is 5.10 Å². The molecule has 0 aliphatic carbocycles. The van der Waals surface area contributed by atoms with Crippen molar-refractivity contribution in [2.24, 2.45) is 0 Å². The van der Waals surface area contributed by atoms with E-state index in [0.29, 0.717) is 19.5 Å². The number of terminal acetylenes is 1. The lowest BCUT2D eigenvalue weighted by Crippen LogP contribution is -2.25. The molecule has 0 atom stereocenters. The van der Waals surface area contributed by atoms with E-state index in [-0.39, 0.29) is 12.5 Å². The summed E-state index contributed by atoms with van der Waals surface area (Å²) >= 11 is 0. The minimum Gasteiger partial charge on any atom is -0.481 e. The predicted molar refractivity (Wildman–Crippen MR) is 86.7 cm³/mol. The maximum absolute atomic E-state index is 11.7. The summed E-state index contributed by atoms with van der Waals surface area (Å²) in [6, 6.07) is 7.71. The molecule has 23 heavy (non-hydrogen) atoms. The van der Waals surface area contributed by atoms with Crippen molar-refractivity contribution in [3.63, 3.8) is 0 Å². The molecule has 0 fully saturated rings. The van der Waals surface area contributed by atoms with Crippen LogP contribution < -0.4 is 10.1 Å². The maximum Gasteiger partial charge on any atom is 0.220 e. The van der Waals surface area contributed by atoms with Gasteiger partial charge in [0.2, 0.25) is 5.91 Å². The van der Waals surface area contributed by atoms with Crippen LogP contribution in [0.5, 0.6) is 5.75 Å². The summed E-state index contributed by atoms with van der Waals surface area (Å²) in [6.45, 7) is 1.59. The summed E-state index contributed by atoms with van der Waals surface area (Å²) in [7, 11) is 0. The molecule has 1 aromatic carbocycles. The van der Waals surface area contributed by atoms with Crippen molar-refractivity contribution in [1.29, 1.82) is 0 Å². The lowest BCUT2D eigenvalue weighted by atomic mass is 10.1. The maximum atomic E-state index is 11.7. The second-order valence-electron chi connectivity index (χ2n) is 5.00. The highest BCUT2D eigenvalue weighted by Gasteiger charge is 2.02. The fraction of sp³-hybridized carbons (Fsp3) is 0.353. The Morgan fingerprint density at radius 1 is 1.35 bits per heavy atom. The number of hydrogen-bond acceptors (Lipinski definition) is 4. The number of hydrogen-bond donors (Lipinski definition) is 1. The molecule has 6 heteroatoms. The molecular formula is C17H20N4O2. The quantitative estimate of drug-likeness (QED) is 0.711. The zero-order chi connectivity index (χ0) is 16.3. The highest BCUT2D eigenvalue weighted by atomic mass is 16.5. The molecule has 1 amide bonds. The van der Waals surface area contributed by atoms with Crippen molar-refractivity contribution in [1.82, 2.24) is 20.1 Å². The Kier molecular flexibility index (Phi) is 6.66. The van der Waals surface area contributed by atoms with Crippen LogP contribution in [0.2, 0.25) is 0 Å². The number of nitrogens with zero attached hydrogens (tertiary/aromatic N) is 3. The Labute approximate surface area is 135 Å². The van der Waals surface area contributed by atoms with Gasteiger partial charge in [0.25, 0.3) is 0 Å². The van der Waals surface area contributed by atoms with E-state index in [4.69, 9.17) is 11.2 Å². The van der Waals surface area contributed by atoms with Gasteiger partial charge in [0.1, 0.15) is 25.0 Å². The molecule has 120 valence electrons. The van der Waals surface area contributed by atoms with Gasteiger partial charge < -0.3 is 10.1 Å². The largest absolute Gasteiger partial charge is 0.481 e. The Morgan fingerprint density at radius 3 is 2.87 bits per heavy atom. The summed E-state index contributed by atoms with van der Waals surface area (Å²) in [6.07, 6.45) is 10.3. The third kappa shape index (κ3) is 6.22. The number of aromatic nitrogens is 3. The Bertz CT molecular complexity index is 630. The minimum absolute atomic E-state index is 0.0547. The zero-order valence-corrected chi connectivity index (χ0v) is 12.9. The number of nitrogens with one attached hydrogen (secondary N) is 1. The van der Waals surface area contributed by atoms with Crippen LogP contribution in [0.15, 0.2) is 36.9 Å². The van der Waals surface area contributed by atoms with E-state index in [1.54, 1.807) is 11.0 Å². The third-order valence-electron chi connectivity index (χ3n) is 3.24. The van der Waals surface area contributed by atoms with Crippen LogP contribution in [0.25, 0.3) is 0 Å². The Morgan fingerprint density at radius 2 is 2.17 bits per heavy atom. The normalized spacial score (nSPS) is 10.0. The van der Waals surface area contributed by atoms with E-state index in [1.807, 2.05) is 24.3 Å². The van der Waals surface area contributed by atoms with Crippen LogP contribution in [0.1, 0.15) is 18.4 Å². The first-order valence-electron chi connectivity index (χ1n) is 7.52. The monoisotopic (exact) mass is 312 g/mol. The van der Waals surface area contributed by atoms with Gasteiger partial charge in [0, 0.05) is 19.5 Å². The van der Waals surface area contributed by atoms with E-state index in [9.17, 15) is 4.79 Å². The second kappa shape index (κ2) is 9.26. The van der Waals surface area contributed by atoms with Crippen molar-refractivity contribution in [3.05, 3.63) is 42.5 Å². The van der Waals surface area contributed by atoms with Crippen LogP contribution in [0, 0.1) is 12.3 Å². The average Bonchev–Trinajstić information content (AvgIpc) is 3.07. The van der Waals surface area contributed by atoms with Gasteiger partial charge >= 0.3 is 0 Å². The number of benzene rings is 1. The van der Waals surface area contributed by atoms with Gasteiger partial charge in [0.15, 0.2) is 0 Å². The van der Waals surface area contributed by atoms with E-state index in [2.05, 4.69) is 21.3 Å². The molecule has 0 saturated carbocycles. The van der Waals surface area contributed by atoms with Gasteiger partial charge in [-0.15, -0.1) is 6.42 Å². The lowest BCUT2D eigenvalue weighted by molar-refractivity contribution is -0.121. The smallest absolute Gasteiger partial charge is 0.220 e. The molecule has 6 nitrogen and oxygen atoms in total. The van der Waals surface area contributed by atoms with Crippen molar-refractivity contribution in [2.75, 3.05) is 13.2 Å². The molecule has 0 radical (unpaired) electrons. The van der Waals surface area contributed by atoms with Crippen LogP contribution in [0.3, 0.4) is 0 Å². The summed E-state index contributed by atoms with van der Waals surface area (Å²) in [5.74, 6) is 3.23. The molecule has 0 saturated heterocycles. The van der Waals surface area contributed by atoms with Crippen molar-refractivity contribution >= 4 is 5.91 Å². The van der Waals surface area contributed by atoms with Crippen LogP contribution in [-0.4, -0.2) is 33.8 Å². The highest BCUT2D eigenvalue weighted by molar-refractivity contribution is 5.75. The van der Waals surface area contributed by atoms with Gasteiger partial charge in [0.05, 0.1) is 0 Å². The number of carbonyl (C=O) groups is 1. The number of amides is 1. The molecule has 0 unspecified atom stereocenters. The summed E-state index contributed by atoms with van der Waals surface area (Å²) in [5.41, 5.74) is 1.14. The lowest BCUT2D eigenvalue weighted by Gasteiger charge is -2.07. The summed E-state index contributed by atoms with van der Waals surface area (Å²) < 4.78 is 7.03. The molecule has 1 heterocycles. The Balaban J connectivity index is 1.60. The first kappa shape index (κ1) is 16.6. The van der Waals surface area contributed by atoms with Gasteiger partial charge in [-0.25, -0.2) is 4.98 Å². The Hall–Kier alpha value is -2.81. The summed E-state index contributed by atoms with van der Waals surface area (Å²) in [5, 5.41) is 6.91. The van der Waals surface area contributed by atoms with Crippen LogP contribution in [0.4, 0.5) is 0 Å². The fourth-order valence-electron chi connectivity index (χ4n) is 2.06. The number of carbonyl (C=O) groups excluding carboxylic acids is 1. The van der Waals surface area contributed by atoms with Crippen molar-refractivity contribution in [2.45, 2.75) is 25.8 Å². The second-order valence-corrected chi connectivity index (χ2v) is 5.00. The van der Waals surface area contributed by atoms with Crippen LogP contribution >= 0.6 is 0 Å². The van der Waals surface area contributed by atoms with Crippen molar-refractivity contribution in [3.8, 4) is 18.1 Å². The van der Waals surface area contributed by atoms with E-state index in [1.165, 1.54) is 6.33 Å². The number of rotatable bonds is 9. The molecule has 0 aliphatic heterocycles. The van der Waals surface area contributed by atoms with Gasteiger partial charge in [-0.3, -0.25) is 9.48 Å². The molecular weight excluding hydrogens is 292 g/mol. The molecule has 2 rings (SSSR count). The molecule has 0 aliphatic rings. The first-order chi connectivity index (χ1) is 11.3.